The number of pyridine rings is 2. The molecule has 1 aromatic carbocycles. The SMILES string of the molecule is Cc1ccc2sc3ccc(-c4cc(CC5CCCC5)ccn4)cc3c2n1. The maximum atomic E-state index is 4.77. The smallest absolute Gasteiger partial charge is 0.0891 e. The van der Waals surface area contributed by atoms with Gasteiger partial charge in [-0.25, -0.2) is 0 Å². The lowest BCUT2D eigenvalue weighted by Crippen LogP contribution is -1.99. The van der Waals surface area contributed by atoms with Crippen molar-refractivity contribution in [3.05, 3.63) is 59.9 Å². The first-order chi connectivity index (χ1) is 12.8. The summed E-state index contributed by atoms with van der Waals surface area (Å²) >= 11 is 1.82. The molecule has 3 aromatic heterocycles. The van der Waals surface area contributed by atoms with E-state index in [4.69, 9.17) is 4.98 Å². The van der Waals surface area contributed by atoms with Crippen molar-refractivity contribution in [2.24, 2.45) is 5.92 Å². The van der Waals surface area contributed by atoms with Crippen molar-refractivity contribution in [1.82, 2.24) is 9.97 Å². The second kappa shape index (κ2) is 6.48. The van der Waals surface area contributed by atoms with E-state index in [1.54, 1.807) is 0 Å². The summed E-state index contributed by atoms with van der Waals surface area (Å²) in [6.07, 6.45) is 8.73. The Kier molecular flexibility index (Phi) is 3.97. The Hall–Kier alpha value is -2.26. The highest BCUT2D eigenvalue weighted by atomic mass is 32.1. The van der Waals surface area contributed by atoms with Crippen LogP contribution < -0.4 is 0 Å². The number of aryl methyl sites for hydroxylation is 1. The summed E-state index contributed by atoms with van der Waals surface area (Å²) < 4.78 is 2.55. The Bertz CT molecular complexity index is 1090. The molecule has 3 heterocycles. The van der Waals surface area contributed by atoms with Crippen molar-refractivity contribution < 1.29 is 0 Å². The number of aromatic nitrogens is 2. The molecule has 1 aliphatic carbocycles. The zero-order valence-corrected chi connectivity index (χ0v) is 15.9. The van der Waals surface area contributed by atoms with Crippen LogP contribution in [-0.2, 0) is 6.42 Å². The highest BCUT2D eigenvalue weighted by Crippen LogP contribution is 2.35. The van der Waals surface area contributed by atoms with Crippen LogP contribution in [0.4, 0.5) is 0 Å². The van der Waals surface area contributed by atoms with Gasteiger partial charge in [-0.15, -0.1) is 11.3 Å². The molecule has 3 heteroatoms. The lowest BCUT2D eigenvalue weighted by Gasteiger charge is -2.10. The molecule has 4 aromatic rings. The monoisotopic (exact) mass is 358 g/mol. The number of nitrogens with zero attached hydrogens (tertiary/aromatic N) is 2. The van der Waals surface area contributed by atoms with Crippen molar-refractivity contribution >= 4 is 31.6 Å². The van der Waals surface area contributed by atoms with Crippen LogP contribution in [-0.4, -0.2) is 9.97 Å². The maximum absolute atomic E-state index is 4.77. The Morgan fingerprint density at radius 2 is 1.85 bits per heavy atom. The number of fused-ring (bicyclic) bond motifs is 3. The molecule has 2 nitrogen and oxygen atoms in total. The fourth-order valence-corrected chi connectivity index (χ4v) is 5.23. The van der Waals surface area contributed by atoms with Gasteiger partial charge in [0, 0.05) is 27.5 Å². The number of hydrogen-bond acceptors (Lipinski definition) is 3. The normalized spacial score (nSPS) is 15.3. The first-order valence-corrected chi connectivity index (χ1v) is 10.3. The molecule has 0 radical (unpaired) electrons. The van der Waals surface area contributed by atoms with Gasteiger partial charge in [-0.1, -0.05) is 31.7 Å². The topological polar surface area (TPSA) is 25.8 Å². The van der Waals surface area contributed by atoms with Gasteiger partial charge in [0.2, 0.25) is 0 Å². The molecule has 26 heavy (non-hydrogen) atoms. The first-order valence-electron chi connectivity index (χ1n) is 9.51. The highest BCUT2D eigenvalue weighted by Gasteiger charge is 2.16. The zero-order valence-electron chi connectivity index (χ0n) is 15.0. The summed E-state index contributed by atoms with van der Waals surface area (Å²) in [7, 11) is 0. The third-order valence-electron chi connectivity index (χ3n) is 5.57. The minimum absolute atomic E-state index is 0.862. The number of rotatable bonds is 3. The van der Waals surface area contributed by atoms with Crippen LogP contribution in [0.25, 0.3) is 31.6 Å². The minimum atomic E-state index is 0.862. The lowest BCUT2D eigenvalue weighted by molar-refractivity contribution is 0.546. The van der Waals surface area contributed by atoms with Crippen LogP contribution in [0.2, 0.25) is 0 Å². The van der Waals surface area contributed by atoms with Gasteiger partial charge in [-0.05, 0) is 61.2 Å². The van der Waals surface area contributed by atoms with E-state index in [1.165, 1.54) is 58.0 Å². The number of hydrogen-bond donors (Lipinski definition) is 0. The molecule has 5 rings (SSSR count). The molecule has 0 atom stereocenters. The molecule has 0 N–H and O–H groups in total. The summed E-state index contributed by atoms with van der Waals surface area (Å²) in [5, 5.41) is 1.24. The average molecular weight is 359 g/mol. The van der Waals surface area contributed by atoms with Crippen LogP contribution in [0.3, 0.4) is 0 Å². The minimum Gasteiger partial charge on any atom is -0.256 e. The summed E-state index contributed by atoms with van der Waals surface area (Å²) in [6.45, 7) is 2.06. The van der Waals surface area contributed by atoms with Gasteiger partial charge in [0.05, 0.1) is 15.9 Å². The van der Waals surface area contributed by atoms with E-state index in [0.29, 0.717) is 0 Å². The molecular formula is C23H22N2S. The first kappa shape index (κ1) is 16.0. The number of benzene rings is 1. The van der Waals surface area contributed by atoms with E-state index in [0.717, 1.165) is 22.8 Å². The summed E-state index contributed by atoms with van der Waals surface area (Å²) in [4.78, 5) is 9.43. The van der Waals surface area contributed by atoms with Gasteiger partial charge in [-0.2, -0.15) is 0 Å². The van der Waals surface area contributed by atoms with Crippen LogP contribution in [0, 0.1) is 12.8 Å². The molecule has 1 fully saturated rings. The molecule has 0 aliphatic heterocycles. The second-order valence-corrected chi connectivity index (χ2v) is 8.60. The largest absolute Gasteiger partial charge is 0.256 e. The van der Waals surface area contributed by atoms with Crippen molar-refractivity contribution in [1.29, 1.82) is 0 Å². The quantitative estimate of drug-likeness (QED) is 0.415. The predicted molar refractivity (Wildman–Crippen MR) is 111 cm³/mol. The van der Waals surface area contributed by atoms with Crippen molar-refractivity contribution in [2.45, 2.75) is 39.0 Å². The van der Waals surface area contributed by atoms with Crippen molar-refractivity contribution in [3.63, 3.8) is 0 Å². The molecule has 0 spiro atoms. The van der Waals surface area contributed by atoms with E-state index in [2.05, 4.69) is 54.4 Å². The van der Waals surface area contributed by atoms with E-state index >= 15 is 0 Å². The van der Waals surface area contributed by atoms with E-state index in [1.807, 2.05) is 17.5 Å². The summed E-state index contributed by atoms with van der Waals surface area (Å²) in [5.41, 5.74) is 5.88. The van der Waals surface area contributed by atoms with Crippen LogP contribution in [0.1, 0.15) is 36.9 Å². The Balaban J connectivity index is 1.55. The van der Waals surface area contributed by atoms with Crippen LogP contribution in [0.15, 0.2) is 48.7 Å². The van der Waals surface area contributed by atoms with Gasteiger partial charge in [0.25, 0.3) is 0 Å². The van der Waals surface area contributed by atoms with Gasteiger partial charge < -0.3 is 0 Å². The van der Waals surface area contributed by atoms with E-state index in [9.17, 15) is 0 Å². The zero-order chi connectivity index (χ0) is 17.5. The third kappa shape index (κ3) is 2.90. The second-order valence-electron chi connectivity index (χ2n) is 7.52. The van der Waals surface area contributed by atoms with Gasteiger partial charge >= 0.3 is 0 Å². The molecule has 130 valence electrons. The Labute approximate surface area is 157 Å². The van der Waals surface area contributed by atoms with E-state index in [-0.39, 0.29) is 0 Å². The molecule has 0 unspecified atom stereocenters. The van der Waals surface area contributed by atoms with Gasteiger partial charge in [-0.3, -0.25) is 9.97 Å². The van der Waals surface area contributed by atoms with E-state index < -0.39 is 0 Å². The highest BCUT2D eigenvalue weighted by molar-refractivity contribution is 7.25. The summed E-state index contributed by atoms with van der Waals surface area (Å²) in [5.74, 6) is 0.862. The third-order valence-corrected chi connectivity index (χ3v) is 6.70. The molecular weight excluding hydrogens is 336 g/mol. The van der Waals surface area contributed by atoms with Gasteiger partial charge in [0.1, 0.15) is 0 Å². The average Bonchev–Trinajstić information content (AvgIpc) is 3.29. The fourth-order valence-electron chi connectivity index (χ4n) is 4.21. The van der Waals surface area contributed by atoms with Crippen LogP contribution in [0.5, 0.6) is 0 Å². The van der Waals surface area contributed by atoms with Crippen molar-refractivity contribution in [3.8, 4) is 11.3 Å². The standard InChI is InChI=1S/C23H22N2S/c1-15-6-8-22-23(25-15)19-14-18(7-9-21(19)26-22)20-13-17(10-11-24-20)12-16-4-2-3-5-16/h6-11,13-14,16H,2-5,12H2,1H3. The Morgan fingerprint density at radius 1 is 1.00 bits per heavy atom. The maximum Gasteiger partial charge on any atom is 0.0891 e. The number of thiophene rings is 1. The molecule has 0 bridgehead atoms. The van der Waals surface area contributed by atoms with Crippen LogP contribution >= 0.6 is 11.3 Å². The molecule has 1 saturated carbocycles. The molecule has 1 aliphatic rings. The lowest BCUT2D eigenvalue weighted by atomic mass is 9.97. The molecule has 0 saturated heterocycles. The van der Waals surface area contributed by atoms with Gasteiger partial charge in [0.15, 0.2) is 0 Å². The molecule has 0 amide bonds. The van der Waals surface area contributed by atoms with Crippen molar-refractivity contribution in [2.75, 3.05) is 0 Å². The fraction of sp³-hybridized carbons (Fsp3) is 0.304. The summed E-state index contributed by atoms with van der Waals surface area (Å²) in [6, 6.07) is 15.4. The Morgan fingerprint density at radius 3 is 2.73 bits per heavy atom. The predicted octanol–water partition coefficient (Wildman–Crippen LogP) is 6.55.